The van der Waals surface area contributed by atoms with Gasteiger partial charge in [0.15, 0.2) is 0 Å². The van der Waals surface area contributed by atoms with Crippen LogP contribution in [-0.2, 0) is 16.1 Å². The highest BCUT2D eigenvalue weighted by Crippen LogP contribution is 2.12. The molecule has 1 atom stereocenters. The fourth-order valence-corrected chi connectivity index (χ4v) is 1.92. The largest absolute Gasteiger partial charge is 0.481 e. The molecule has 0 radical (unpaired) electrons. The van der Waals surface area contributed by atoms with Crippen LogP contribution < -0.4 is 0 Å². The van der Waals surface area contributed by atoms with E-state index in [-0.39, 0.29) is 18.4 Å². The van der Waals surface area contributed by atoms with Gasteiger partial charge in [-0.15, -0.1) is 0 Å². The monoisotopic (exact) mass is 277 g/mol. The van der Waals surface area contributed by atoms with E-state index in [1.165, 1.54) is 0 Å². The summed E-state index contributed by atoms with van der Waals surface area (Å²) in [5.74, 6) is -1.60. The Labute approximate surface area is 120 Å². The number of aliphatic carboxylic acids is 1. The van der Waals surface area contributed by atoms with E-state index in [0.29, 0.717) is 6.54 Å². The van der Waals surface area contributed by atoms with Gasteiger partial charge < -0.3 is 10.0 Å². The Morgan fingerprint density at radius 1 is 1.15 bits per heavy atom. The summed E-state index contributed by atoms with van der Waals surface area (Å²) < 4.78 is 0. The molecule has 1 amide bonds. The highest BCUT2D eigenvalue weighted by Gasteiger charge is 2.22. The second-order valence-corrected chi connectivity index (χ2v) is 5.60. The number of benzene rings is 1. The summed E-state index contributed by atoms with van der Waals surface area (Å²) in [6, 6.07) is 7.94. The first kappa shape index (κ1) is 16.2. The number of hydrogen-bond donors (Lipinski definition) is 1. The number of nitrogens with zero attached hydrogens (tertiary/aromatic N) is 1. The van der Waals surface area contributed by atoms with E-state index in [1.807, 2.05) is 45.0 Å². The maximum Gasteiger partial charge on any atom is 0.308 e. The normalized spacial score (nSPS) is 12.2. The van der Waals surface area contributed by atoms with Gasteiger partial charge in [0.2, 0.25) is 5.91 Å². The molecule has 1 aromatic rings. The summed E-state index contributed by atoms with van der Waals surface area (Å²) in [6.45, 7) is 7.98. The van der Waals surface area contributed by atoms with Crippen molar-refractivity contribution in [1.82, 2.24) is 4.90 Å². The SMILES string of the molecule is Cc1ccc(CN(CC(C)C(=O)O)C(=O)C(C)C)cc1. The molecule has 1 aromatic carbocycles. The second-order valence-electron chi connectivity index (χ2n) is 5.60. The predicted molar refractivity (Wildman–Crippen MR) is 78.2 cm³/mol. The molecule has 0 aliphatic rings. The molecule has 1 N–H and O–H groups in total. The fraction of sp³-hybridized carbons (Fsp3) is 0.500. The molecule has 0 fully saturated rings. The minimum atomic E-state index is -0.879. The maximum absolute atomic E-state index is 12.2. The van der Waals surface area contributed by atoms with Crippen molar-refractivity contribution in [3.63, 3.8) is 0 Å². The summed E-state index contributed by atoms with van der Waals surface area (Å²) in [4.78, 5) is 24.8. The third-order valence-electron chi connectivity index (χ3n) is 3.22. The lowest BCUT2D eigenvalue weighted by Gasteiger charge is -2.26. The van der Waals surface area contributed by atoms with E-state index in [1.54, 1.807) is 11.8 Å². The molecule has 4 nitrogen and oxygen atoms in total. The summed E-state index contributed by atoms with van der Waals surface area (Å²) >= 11 is 0. The lowest BCUT2D eigenvalue weighted by atomic mass is 10.1. The fourth-order valence-electron chi connectivity index (χ4n) is 1.92. The zero-order chi connectivity index (χ0) is 15.3. The summed E-state index contributed by atoms with van der Waals surface area (Å²) in [6.07, 6.45) is 0. The molecule has 0 heterocycles. The first-order chi connectivity index (χ1) is 9.31. The third-order valence-corrected chi connectivity index (χ3v) is 3.22. The van der Waals surface area contributed by atoms with Gasteiger partial charge in [-0.05, 0) is 12.5 Å². The molecule has 1 unspecified atom stereocenters. The molecule has 0 aliphatic carbocycles. The van der Waals surface area contributed by atoms with Crippen molar-refractivity contribution < 1.29 is 14.7 Å². The second kappa shape index (κ2) is 7.08. The van der Waals surface area contributed by atoms with Crippen molar-refractivity contribution >= 4 is 11.9 Å². The quantitative estimate of drug-likeness (QED) is 0.869. The maximum atomic E-state index is 12.2. The van der Waals surface area contributed by atoms with Gasteiger partial charge in [0.1, 0.15) is 0 Å². The minimum absolute atomic E-state index is 0.0151. The zero-order valence-corrected chi connectivity index (χ0v) is 12.6. The Kier molecular flexibility index (Phi) is 5.74. The highest BCUT2D eigenvalue weighted by atomic mass is 16.4. The Balaban J connectivity index is 2.84. The first-order valence-electron chi connectivity index (χ1n) is 6.88. The lowest BCUT2D eigenvalue weighted by molar-refractivity contribution is -0.144. The average Bonchev–Trinajstić information content (AvgIpc) is 2.39. The van der Waals surface area contributed by atoms with Crippen LogP contribution in [0.2, 0.25) is 0 Å². The molecule has 0 saturated carbocycles. The number of amides is 1. The van der Waals surface area contributed by atoms with Gasteiger partial charge >= 0.3 is 5.97 Å². The molecular weight excluding hydrogens is 254 g/mol. The van der Waals surface area contributed by atoms with Gasteiger partial charge in [-0.25, -0.2) is 0 Å². The molecule has 0 saturated heterocycles. The van der Waals surface area contributed by atoms with Crippen LogP contribution in [0, 0.1) is 18.8 Å². The Bertz CT molecular complexity index is 465. The van der Waals surface area contributed by atoms with Gasteiger partial charge in [0, 0.05) is 19.0 Å². The lowest BCUT2D eigenvalue weighted by Crippen LogP contribution is -2.38. The van der Waals surface area contributed by atoms with Gasteiger partial charge in [-0.2, -0.15) is 0 Å². The van der Waals surface area contributed by atoms with Crippen LogP contribution in [0.25, 0.3) is 0 Å². The van der Waals surface area contributed by atoms with E-state index in [4.69, 9.17) is 5.11 Å². The van der Waals surface area contributed by atoms with Crippen molar-refractivity contribution in [2.75, 3.05) is 6.54 Å². The van der Waals surface area contributed by atoms with Gasteiger partial charge in [0.25, 0.3) is 0 Å². The van der Waals surface area contributed by atoms with Crippen LogP contribution in [0.15, 0.2) is 24.3 Å². The predicted octanol–water partition coefficient (Wildman–Crippen LogP) is 2.70. The minimum Gasteiger partial charge on any atom is -0.481 e. The van der Waals surface area contributed by atoms with E-state index in [9.17, 15) is 9.59 Å². The van der Waals surface area contributed by atoms with E-state index in [0.717, 1.165) is 11.1 Å². The highest BCUT2D eigenvalue weighted by molar-refractivity contribution is 5.79. The molecule has 0 aliphatic heterocycles. The van der Waals surface area contributed by atoms with Crippen LogP contribution in [0.1, 0.15) is 31.9 Å². The summed E-state index contributed by atoms with van der Waals surface area (Å²) in [5, 5.41) is 9.02. The molecule has 0 bridgehead atoms. The van der Waals surface area contributed by atoms with Crippen LogP contribution in [0.4, 0.5) is 0 Å². The number of carbonyl (C=O) groups is 2. The molecule has 0 aromatic heterocycles. The summed E-state index contributed by atoms with van der Waals surface area (Å²) in [5.41, 5.74) is 2.18. The molecule has 110 valence electrons. The van der Waals surface area contributed by atoms with E-state index in [2.05, 4.69) is 0 Å². The number of rotatable bonds is 6. The number of hydrogen-bond acceptors (Lipinski definition) is 2. The first-order valence-corrected chi connectivity index (χ1v) is 6.88. The van der Waals surface area contributed by atoms with E-state index < -0.39 is 11.9 Å². The van der Waals surface area contributed by atoms with Gasteiger partial charge in [-0.1, -0.05) is 50.6 Å². The van der Waals surface area contributed by atoms with Crippen LogP contribution in [-0.4, -0.2) is 28.4 Å². The van der Waals surface area contributed by atoms with Gasteiger partial charge in [0.05, 0.1) is 5.92 Å². The van der Waals surface area contributed by atoms with Crippen molar-refractivity contribution in [1.29, 1.82) is 0 Å². The van der Waals surface area contributed by atoms with Crippen LogP contribution in [0.3, 0.4) is 0 Å². The van der Waals surface area contributed by atoms with Gasteiger partial charge in [-0.3, -0.25) is 9.59 Å². The Morgan fingerprint density at radius 3 is 2.15 bits per heavy atom. The van der Waals surface area contributed by atoms with Crippen molar-refractivity contribution in [3.8, 4) is 0 Å². The van der Waals surface area contributed by atoms with Crippen molar-refractivity contribution in [2.24, 2.45) is 11.8 Å². The third kappa shape index (κ3) is 4.68. The topological polar surface area (TPSA) is 57.6 Å². The average molecular weight is 277 g/mol. The number of carbonyl (C=O) groups excluding carboxylic acids is 1. The Hall–Kier alpha value is -1.84. The number of carboxylic acid groups (broad SMARTS) is 1. The summed E-state index contributed by atoms with van der Waals surface area (Å²) in [7, 11) is 0. The molecule has 20 heavy (non-hydrogen) atoms. The molecule has 0 spiro atoms. The van der Waals surface area contributed by atoms with Crippen LogP contribution in [0.5, 0.6) is 0 Å². The van der Waals surface area contributed by atoms with Crippen LogP contribution >= 0.6 is 0 Å². The molecular formula is C16H23NO3. The zero-order valence-electron chi connectivity index (χ0n) is 12.6. The molecule has 4 heteroatoms. The molecule has 1 rings (SSSR count). The smallest absolute Gasteiger partial charge is 0.308 e. The standard InChI is InChI=1S/C16H23NO3/c1-11(2)15(18)17(9-13(4)16(19)20)10-14-7-5-12(3)6-8-14/h5-8,11,13H,9-10H2,1-4H3,(H,19,20). The van der Waals surface area contributed by atoms with Crippen molar-refractivity contribution in [2.45, 2.75) is 34.2 Å². The van der Waals surface area contributed by atoms with Crippen molar-refractivity contribution in [3.05, 3.63) is 35.4 Å². The van der Waals surface area contributed by atoms with E-state index >= 15 is 0 Å². The Morgan fingerprint density at radius 2 is 1.70 bits per heavy atom. The number of carboxylic acids is 1. The number of aryl methyl sites for hydroxylation is 1.